The Morgan fingerprint density at radius 2 is 1.80 bits per heavy atom. The van der Waals surface area contributed by atoms with Crippen LogP contribution >= 0.6 is 0 Å². The number of rotatable bonds is 10. The molecule has 1 aromatic rings. The van der Waals surface area contributed by atoms with Crippen molar-refractivity contribution in [3.05, 3.63) is 23.9 Å². The first kappa shape index (κ1) is 16.6. The summed E-state index contributed by atoms with van der Waals surface area (Å²) in [6.07, 6.45) is 1.67. The molecule has 0 N–H and O–H groups in total. The molecule has 0 aliphatic rings. The predicted molar refractivity (Wildman–Crippen MR) is 79.4 cm³/mol. The fourth-order valence-electron chi connectivity index (χ4n) is 1.79. The average Bonchev–Trinajstić information content (AvgIpc) is 2.46. The van der Waals surface area contributed by atoms with Crippen molar-refractivity contribution in [2.45, 2.75) is 20.8 Å². The van der Waals surface area contributed by atoms with Gasteiger partial charge in [-0.15, -0.1) is 0 Å². The van der Waals surface area contributed by atoms with Gasteiger partial charge in [0, 0.05) is 38.1 Å². The Balaban J connectivity index is 2.73. The molecular formula is C15H24N2O3. The maximum atomic E-state index is 11.4. The number of carbonyl (C=O) groups excluding carboxylic acids is 1. The van der Waals surface area contributed by atoms with Crippen LogP contribution in [-0.2, 0) is 9.47 Å². The van der Waals surface area contributed by atoms with Gasteiger partial charge in [0.05, 0.1) is 13.2 Å². The van der Waals surface area contributed by atoms with Gasteiger partial charge >= 0.3 is 0 Å². The second-order valence-corrected chi connectivity index (χ2v) is 4.34. The maximum Gasteiger partial charge on any atom is 0.159 e. The number of hydrogen-bond acceptors (Lipinski definition) is 5. The van der Waals surface area contributed by atoms with Crippen molar-refractivity contribution < 1.29 is 14.3 Å². The van der Waals surface area contributed by atoms with Crippen LogP contribution in [-0.4, -0.2) is 50.3 Å². The van der Waals surface area contributed by atoms with Crippen molar-refractivity contribution in [3.63, 3.8) is 0 Å². The molecule has 0 radical (unpaired) electrons. The molecule has 5 nitrogen and oxygen atoms in total. The first-order valence-corrected chi connectivity index (χ1v) is 7.06. The number of aromatic nitrogens is 1. The molecule has 1 heterocycles. The van der Waals surface area contributed by atoms with Gasteiger partial charge in [-0.25, -0.2) is 4.98 Å². The summed E-state index contributed by atoms with van der Waals surface area (Å²) in [5.74, 6) is 0.834. The van der Waals surface area contributed by atoms with Crippen LogP contribution in [0.4, 0.5) is 5.82 Å². The van der Waals surface area contributed by atoms with Gasteiger partial charge in [-0.2, -0.15) is 0 Å². The van der Waals surface area contributed by atoms with E-state index < -0.39 is 0 Å². The molecule has 0 spiro atoms. The lowest BCUT2D eigenvalue weighted by molar-refractivity contribution is 0.101. The highest BCUT2D eigenvalue weighted by atomic mass is 16.5. The fourth-order valence-corrected chi connectivity index (χ4v) is 1.79. The molecule has 0 fully saturated rings. The van der Waals surface area contributed by atoms with Crippen molar-refractivity contribution in [3.8, 4) is 0 Å². The summed E-state index contributed by atoms with van der Waals surface area (Å²) >= 11 is 0. The minimum absolute atomic E-state index is 0.0446. The highest BCUT2D eigenvalue weighted by Gasteiger charge is 2.10. The topological polar surface area (TPSA) is 51.7 Å². The third-order valence-corrected chi connectivity index (χ3v) is 2.90. The number of ether oxygens (including phenoxy) is 2. The second kappa shape index (κ2) is 9.44. The number of hydrogen-bond donors (Lipinski definition) is 0. The zero-order chi connectivity index (χ0) is 14.8. The summed E-state index contributed by atoms with van der Waals surface area (Å²) in [5, 5.41) is 0. The highest BCUT2D eigenvalue weighted by molar-refractivity contribution is 5.94. The first-order chi connectivity index (χ1) is 9.69. The normalized spacial score (nSPS) is 10.6. The molecule has 0 saturated carbocycles. The Kier molecular flexibility index (Phi) is 7.84. The molecular weight excluding hydrogens is 256 g/mol. The lowest BCUT2D eigenvalue weighted by atomic mass is 10.2. The Morgan fingerprint density at radius 1 is 1.20 bits per heavy atom. The number of ketones is 1. The molecule has 0 aromatic carbocycles. The summed E-state index contributed by atoms with van der Waals surface area (Å²) in [6.45, 7) is 9.62. The number of Topliss-reactive ketones (excluding diaryl/α,β-unsaturated/α-hetero) is 1. The van der Waals surface area contributed by atoms with E-state index in [1.54, 1.807) is 19.2 Å². The lowest BCUT2D eigenvalue weighted by Gasteiger charge is -2.23. The fraction of sp³-hybridized carbons (Fsp3) is 0.600. The van der Waals surface area contributed by atoms with Gasteiger partial charge in [0.15, 0.2) is 5.78 Å². The Morgan fingerprint density at radius 3 is 2.30 bits per heavy atom. The van der Waals surface area contributed by atoms with Crippen LogP contribution in [0.1, 0.15) is 31.1 Å². The molecule has 1 rings (SSSR count). The number of nitrogens with zero attached hydrogens (tertiary/aromatic N) is 2. The van der Waals surface area contributed by atoms with Crippen LogP contribution in [0.15, 0.2) is 18.3 Å². The van der Waals surface area contributed by atoms with E-state index >= 15 is 0 Å². The molecule has 20 heavy (non-hydrogen) atoms. The Labute approximate surface area is 120 Å². The molecule has 0 saturated heterocycles. The van der Waals surface area contributed by atoms with E-state index in [9.17, 15) is 4.79 Å². The zero-order valence-electron chi connectivity index (χ0n) is 12.6. The summed E-state index contributed by atoms with van der Waals surface area (Å²) < 4.78 is 10.8. The van der Waals surface area contributed by atoms with Crippen LogP contribution < -0.4 is 4.90 Å². The van der Waals surface area contributed by atoms with Gasteiger partial charge in [0.1, 0.15) is 5.82 Å². The number of carbonyl (C=O) groups is 1. The van der Waals surface area contributed by atoms with E-state index in [4.69, 9.17) is 9.47 Å². The zero-order valence-corrected chi connectivity index (χ0v) is 12.6. The first-order valence-electron chi connectivity index (χ1n) is 7.06. The molecule has 0 aliphatic heterocycles. The predicted octanol–water partition coefficient (Wildman–Crippen LogP) is 2.16. The SMILES string of the molecule is CCOCCN(CCOCC)c1cc(C(C)=O)ccn1. The molecule has 0 bridgehead atoms. The van der Waals surface area contributed by atoms with Crippen molar-refractivity contribution in [2.75, 3.05) is 44.4 Å². The minimum Gasteiger partial charge on any atom is -0.380 e. The highest BCUT2D eigenvalue weighted by Crippen LogP contribution is 2.13. The molecule has 5 heteroatoms. The summed E-state index contributed by atoms with van der Waals surface area (Å²) in [7, 11) is 0. The van der Waals surface area contributed by atoms with E-state index in [1.807, 2.05) is 19.9 Å². The summed E-state index contributed by atoms with van der Waals surface area (Å²) in [4.78, 5) is 17.9. The summed E-state index contributed by atoms with van der Waals surface area (Å²) in [6, 6.07) is 3.55. The summed E-state index contributed by atoms with van der Waals surface area (Å²) in [5.41, 5.74) is 0.674. The lowest BCUT2D eigenvalue weighted by Crippen LogP contribution is -2.32. The van der Waals surface area contributed by atoms with Gasteiger partial charge in [-0.05, 0) is 32.9 Å². The molecule has 0 aliphatic carbocycles. The van der Waals surface area contributed by atoms with Gasteiger partial charge in [-0.3, -0.25) is 4.79 Å². The van der Waals surface area contributed by atoms with Gasteiger partial charge in [0.25, 0.3) is 0 Å². The maximum absolute atomic E-state index is 11.4. The van der Waals surface area contributed by atoms with Crippen LogP contribution in [0.25, 0.3) is 0 Å². The minimum atomic E-state index is 0.0446. The van der Waals surface area contributed by atoms with Gasteiger partial charge < -0.3 is 14.4 Å². The Hall–Kier alpha value is -1.46. The van der Waals surface area contributed by atoms with Crippen LogP contribution in [0, 0.1) is 0 Å². The average molecular weight is 280 g/mol. The van der Waals surface area contributed by atoms with E-state index in [-0.39, 0.29) is 5.78 Å². The van der Waals surface area contributed by atoms with Crippen molar-refractivity contribution in [1.29, 1.82) is 0 Å². The van der Waals surface area contributed by atoms with E-state index in [1.165, 1.54) is 0 Å². The van der Waals surface area contributed by atoms with Crippen molar-refractivity contribution in [1.82, 2.24) is 4.98 Å². The smallest absolute Gasteiger partial charge is 0.159 e. The van der Waals surface area contributed by atoms with E-state index in [0.29, 0.717) is 32.0 Å². The molecule has 1 aromatic heterocycles. The van der Waals surface area contributed by atoms with Crippen LogP contribution in [0.2, 0.25) is 0 Å². The largest absolute Gasteiger partial charge is 0.380 e. The standard InChI is InChI=1S/C15H24N2O3/c1-4-19-10-8-17(9-11-20-5-2)15-12-14(13(3)18)6-7-16-15/h6-7,12H,4-5,8-11H2,1-3H3. The quantitative estimate of drug-likeness (QED) is 0.485. The van der Waals surface area contributed by atoms with Gasteiger partial charge in [0.2, 0.25) is 0 Å². The molecule has 0 unspecified atom stereocenters. The monoisotopic (exact) mass is 280 g/mol. The van der Waals surface area contributed by atoms with E-state index in [0.717, 1.165) is 18.9 Å². The molecule has 0 atom stereocenters. The van der Waals surface area contributed by atoms with Gasteiger partial charge in [-0.1, -0.05) is 0 Å². The third-order valence-electron chi connectivity index (χ3n) is 2.90. The number of pyridine rings is 1. The van der Waals surface area contributed by atoms with Crippen molar-refractivity contribution in [2.24, 2.45) is 0 Å². The number of anilines is 1. The van der Waals surface area contributed by atoms with Crippen LogP contribution in [0.5, 0.6) is 0 Å². The second-order valence-electron chi connectivity index (χ2n) is 4.34. The van der Waals surface area contributed by atoms with E-state index in [2.05, 4.69) is 9.88 Å². The van der Waals surface area contributed by atoms with Crippen LogP contribution in [0.3, 0.4) is 0 Å². The molecule has 112 valence electrons. The van der Waals surface area contributed by atoms with Crippen molar-refractivity contribution >= 4 is 11.6 Å². The molecule has 0 amide bonds. The Bertz CT molecular complexity index is 400. The third kappa shape index (κ3) is 5.67.